The molecule has 3 aromatic carbocycles. The van der Waals surface area contributed by atoms with Gasteiger partial charge in [0.2, 0.25) is 0 Å². The Kier molecular flexibility index (Phi) is 6.26. The molecule has 0 amide bonds. The van der Waals surface area contributed by atoms with Gasteiger partial charge >= 0.3 is 5.69 Å². The van der Waals surface area contributed by atoms with Crippen LogP contribution in [0.15, 0.2) is 77.9 Å². The van der Waals surface area contributed by atoms with Crippen LogP contribution in [-0.4, -0.2) is 15.6 Å². The van der Waals surface area contributed by atoms with E-state index in [1.807, 2.05) is 48.5 Å². The zero-order chi connectivity index (χ0) is 23.4. The Hall–Kier alpha value is -4.33. The van der Waals surface area contributed by atoms with Crippen LogP contribution in [0.3, 0.4) is 0 Å². The van der Waals surface area contributed by atoms with Gasteiger partial charge in [-0.15, -0.1) is 0 Å². The van der Waals surface area contributed by atoms with Crippen LogP contribution in [0, 0.1) is 20.2 Å². The van der Waals surface area contributed by atoms with E-state index in [1.165, 1.54) is 17.7 Å². The minimum Gasteiger partial charge on any atom is -0.271 e. The van der Waals surface area contributed by atoms with Gasteiger partial charge in [0, 0.05) is 17.2 Å². The Morgan fingerprint density at radius 2 is 1.58 bits per heavy atom. The number of nitrogens with one attached hydrogen (secondary N) is 1. The molecule has 8 nitrogen and oxygen atoms in total. The van der Waals surface area contributed by atoms with Crippen LogP contribution in [0.25, 0.3) is 11.1 Å². The van der Waals surface area contributed by atoms with Gasteiger partial charge in [0.15, 0.2) is 0 Å². The van der Waals surface area contributed by atoms with E-state index in [0.29, 0.717) is 5.71 Å². The summed E-state index contributed by atoms with van der Waals surface area (Å²) < 4.78 is 0. The number of fused-ring (bicyclic) bond motifs is 1. The largest absolute Gasteiger partial charge is 0.301 e. The first-order valence-corrected chi connectivity index (χ1v) is 10.7. The molecule has 166 valence electrons. The molecule has 0 fully saturated rings. The Balaban J connectivity index is 1.84. The second-order valence-electron chi connectivity index (χ2n) is 7.66. The molecule has 0 unspecified atom stereocenters. The smallest absolute Gasteiger partial charge is 0.271 e. The SMILES string of the molecule is CCCCC1=C(c2ccccc2)C(=NNc2ccc([N+](=O)[O-])cc2[N+](=O)[O-])c2ccccc21. The lowest BCUT2D eigenvalue weighted by atomic mass is 9.96. The highest BCUT2D eigenvalue weighted by Crippen LogP contribution is 2.41. The summed E-state index contributed by atoms with van der Waals surface area (Å²) in [6, 6.07) is 21.4. The van der Waals surface area contributed by atoms with Gasteiger partial charge < -0.3 is 0 Å². The van der Waals surface area contributed by atoms with Crippen LogP contribution in [0.5, 0.6) is 0 Å². The highest BCUT2D eigenvalue weighted by atomic mass is 16.6. The molecule has 0 saturated carbocycles. The van der Waals surface area contributed by atoms with Gasteiger partial charge in [0.25, 0.3) is 5.69 Å². The maximum atomic E-state index is 11.5. The van der Waals surface area contributed by atoms with E-state index >= 15 is 0 Å². The number of rotatable bonds is 8. The maximum Gasteiger partial charge on any atom is 0.301 e. The number of hydrogen-bond donors (Lipinski definition) is 1. The molecule has 0 radical (unpaired) electrons. The van der Waals surface area contributed by atoms with Crippen LogP contribution < -0.4 is 5.43 Å². The van der Waals surface area contributed by atoms with Crippen LogP contribution in [0.1, 0.15) is 42.9 Å². The fourth-order valence-electron chi connectivity index (χ4n) is 4.01. The molecule has 8 heteroatoms. The van der Waals surface area contributed by atoms with Gasteiger partial charge in [-0.1, -0.05) is 67.9 Å². The molecule has 0 heterocycles. The predicted molar refractivity (Wildman–Crippen MR) is 129 cm³/mol. The summed E-state index contributed by atoms with van der Waals surface area (Å²) in [5, 5.41) is 27.2. The molecule has 0 bridgehead atoms. The summed E-state index contributed by atoms with van der Waals surface area (Å²) in [6.45, 7) is 2.15. The van der Waals surface area contributed by atoms with E-state index in [4.69, 9.17) is 0 Å². The second-order valence-corrected chi connectivity index (χ2v) is 7.66. The molecule has 0 aromatic heterocycles. The number of hydrazone groups is 1. The summed E-state index contributed by atoms with van der Waals surface area (Å²) in [4.78, 5) is 21.3. The quantitative estimate of drug-likeness (QED) is 0.319. The number of nitro groups is 2. The predicted octanol–water partition coefficient (Wildman–Crippen LogP) is 6.43. The number of hydrogen-bond acceptors (Lipinski definition) is 6. The van der Waals surface area contributed by atoms with Crippen LogP contribution in [0.2, 0.25) is 0 Å². The first-order chi connectivity index (χ1) is 16.0. The van der Waals surface area contributed by atoms with Gasteiger partial charge in [-0.2, -0.15) is 5.10 Å². The van der Waals surface area contributed by atoms with E-state index < -0.39 is 15.5 Å². The van der Waals surface area contributed by atoms with Gasteiger partial charge in [-0.25, -0.2) is 0 Å². The van der Waals surface area contributed by atoms with Crippen molar-refractivity contribution in [3.63, 3.8) is 0 Å². The molecule has 0 aliphatic heterocycles. The van der Waals surface area contributed by atoms with Crippen molar-refractivity contribution in [2.45, 2.75) is 26.2 Å². The highest BCUT2D eigenvalue weighted by Gasteiger charge is 2.29. The first kappa shape index (κ1) is 21.9. The molecule has 0 saturated heterocycles. The van der Waals surface area contributed by atoms with Crippen molar-refractivity contribution >= 4 is 33.9 Å². The highest BCUT2D eigenvalue weighted by molar-refractivity contribution is 6.42. The topological polar surface area (TPSA) is 111 Å². The van der Waals surface area contributed by atoms with Gasteiger partial charge in [0.05, 0.1) is 21.6 Å². The summed E-state index contributed by atoms with van der Waals surface area (Å²) >= 11 is 0. The molecule has 4 rings (SSSR count). The number of unbranched alkanes of at least 4 members (excludes halogenated alkanes) is 1. The average Bonchev–Trinajstić information content (AvgIpc) is 3.15. The van der Waals surface area contributed by atoms with Crippen LogP contribution in [0.4, 0.5) is 17.1 Å². The van der Waals surface area contributed by atoms with E-state index in [-0.39, 0.29) is 11.4 Å². The Morgan fingerprint density at radius 1 is 0.879 bits per heavy atom. The molecule has 0 spiro atoms. The lowest BCUT2D eigenvalue weighted by molar-refractivity contribution is -0.393. The van der Waals surface area contributed by atoms with Crippen molar-refractivity contribution in [2.75, 3.05) is 5.43 Å². The van der Waals surface area contributed by atoms with Crippen molar-refractivity contribution in [3.05, 3.63) is 110 Å². The minimum absolute atomic E-state index is 0.0880. The van der Waals surface area contributed by atoms with Crippen LogP contribution >= 0.6 is 0 Å². The molecule has 1 aliphatic carbocycles. The third-order valence-corrected chi connectivity index (χ3v) is 5.57. The summed E-state index contributed by atoms with van der Waals surface area (Å²) in [5.74, 6) is 0. The van der Waals surface area contributed by atoms with E-state index in [0.717, 1.165) is 47.6 Å². The van der Waals surface area contributed by atoms with Crippen molar-refractivity contribution in [3.8, 4) is 0 Å². The number of benzene rings is 3. The number of nitrogens with zero attached hydrogens (tertiary/aromatic N) is 3. The number of non-ortho nitro benzene ring substituents is 1. The summed E-state index contributed by atoms with van der Waals surface area (Å²) in [5.41, 5.74) is 8.07. The van der Waals surface area contributed by atoms with Crippen molar-refractivity contribution in [1.82, 2.24) is 0 Å². The van der Waals surface area contributed by atoms with Gasteiger partial charge in [-0.05, 0) is 35.6 Å². The molecular weight excluding hydrogens is 420 g/mol. The van der Waals surface area contributed by atoms with E-state index in [1.54, 1.807) is 0 Å². The summed E-state index contributed by atoms with van der Waals surface area (Å²) in [7, 11) is 0. The molecule has 33 heavy (non-hydrogen) atoms. The fraction of sp³-hybridized carbons (Fsp3) is 0.160. The van der Waals surface area contributed by atoms with Gasteiger partial charge in [-0.3, -0.25) is 25.7 Å². The lowest BCUT2D eigenvalue weighted by Crippen LogP contribution is -2.06. The number of nitro benzene ring substituents is 2. The Labute approximate surface area is 190 Å². The monoisotopic (exact) mass is 442 g/mol. The van der Waals surface area contributed by atoms with Crippen molar-refractivity contribution < 1.29 is 9.85 Å². The first-order valence-electron chi connectivity index (χ1n) is 10.7. The Bertz CT molecular complexity index is 1280. The number of anilines is 1. The molecular formula is C25H22N4O4. The van der Waals surface area contributed by atoms with Gasteiger partial charge in [0.1, 0.15) is 5.69 Å². The third-order valence-electron chi connectivity index (χ3n) is 5.57. The molecule has 3 aromatic rings. The molecule has 0 atom stereocenters. The van der Waals surface area contributed by atoms with E-state index in [9.17, 15) is 20.2 Å². The normalized spacial score (nSPS) is 13.8. The average molecular weight is 442 g/mol. The number of allylic oxidation sites excluding steroid dienone is 2. The second kappa shape index (κ2) is 9.44. The minimum atomic E-state index is -0.661. The van der Waals surface area contributed by atoms with Crippen molar-refractivity contribution in [2.24, 2.45) is 5.10 Å². The molecule has 1 aliphatic rings. The van der Waals surface area contributed by atoms with Crippen LogP contribution in [-0.2, 0) is 0 Å². The molecule has 1 N–H and O–H groups in total. The zero-order valence-corrected chi connectivity index (χ0v) is 18.0. The fourth-order valence-corrected chi connectivity index (χ4v) is 4.01. The zero-order valence-electron chi connectivity index (χ0n) is 18.0. The standard InChI is InChI=1S/C25H22N4O4/c1-2-3-11-20-19-12-7-8-13-21(19)25(24(20)17-9-5-4-6-10-17)27-26-22-15-14-18(28(30)31)16-23(22)29(32)33/h4-10,12-16,26H,2-3,11H2,1H3. The van der Waals surface area contributed by atoms with E-state index in [2.05, 4.69) is 23.5 Å². The lowest BCUT2D eigenvalue weighted by Gasteiger charge is -2.10. The Morgan fingerprint density at radius 3 is 2.24 bits per heavy atom. The summed E-state index contributed by atoms with van der Waals surface area (Å²) in [6.07, 6.45) is 2.95. The van der Waals surface area contributed by atoms with Crippen molar-refractivity contribution in [1.29, 1.82) is 0 Å². The third kappa shape index (κ3) is 4.36. The maximum absolute atomic E-state index is 11.5.